The van der Waals surface area contributed by atoms with Gasteiger partial charge >= 0.3 is 6.18 Å². The van der Waals surface area contributed by atoms with Crippen LogP contribution in [0.4, 0.5) is 18.3 Å². The number of nitriles is 1. The molecule has 2 aromatic heterocycles. The lowest BCUT2D eigenvalue weighted by molar-refractivity contribution is -0.137. The largest absolute Gasteiger partial charge is 0.416 e. The smallest absolute Gasteiger partial charge is 0.342 e. The van der Waals surface area contributed by atoms with Crippen LogP contribution in [0, 0.1) is 11.3 Å². The molecule has 0 radical (unpaired) electrons. The van der Waals surface area contributed by atoms with Crippen LogP contribution in [0.2, 0.25) is 0 Å². The molecule has 1 N–H and O–H groups in total. The molecule has 2 heterocycles. The van der Waals surface area contributed by atoms with Crippen molar-refractivity contribution in [3.8, 4) is 6.07 Å². The highest BCUT2D eigenvalue weighted by Crippen LogP contribution is 2.31. The quantitative estimate of drug-likeness (QED) is 0.0902. The number of nitrogens with one attached hydrogen (secondary N) is 1. The first-order chi connectivity index (χ1) is 19.3. The van der Waals surface area contributed by atoms with E-state index in [1.165, 1.54) is 41.3 Å². The maximum absolute atomic E-state index is 12.9. The second kappa shape index (κ2) is 11.8. The summed E-state index contributed by atoms with van der Waals surface area (Å²) < 4.78 is 41.4. The van der Waals surface area contributed by atoms with Crippen molar-refractivity contribution in [2.45, 2.75) is 22.8 Å². The minimum absolute atomic E-state index is 0.119. The number of rotatable bonds is 8. The van der Waals surface area contributed by atoms with Crippen molar-refractivity contribution in [3.05, 3.63) is 113 Å². The van der Waals surface area contributed by atoms with Crippen LogP contribution < -0.4 is 5.32 Å². The first-order valence-electron chi connectivity index (χ1n) is 12.0. The topological polar surface area (TPSA) is 83.6 Å². The van der Waals surface area contributed by atoms with Crippen molar-refractivity contribution in [2.24, 2.45) is 0 Å². The zero-order valence-electron chi connectivity index (χ0n) is 20.7. The van der Waals surface area contributed by atoms with Crippen LogP contribution in [-0.2, 0) is 23.3 Å². The van der Waals surface area contributed by atoms with Crippen molar-refractivity contribution in [1.82, 2.24) is 14.8 Å². The number of halogens is 3. The van der Waals surface area contributed by atoms with Crippen LogP contribution >= 0.6 is 23.1 Å². The Morgan fingerprint density at radius 3 is 2.45 bits per heavy atom. The van der Waals surface area contributed by atoms with Gasteiger partial charge in [-0.1, -0.05) is 83.8 Å². The number of hydrogen-bond acceptors (Lipinski definition) is 6. The summed E-state index contributed by atoms with van der Waals surface area (Å²) in [5, 5.41) is 21.6. The molecule has 5 aromatic rings. The number of hydrogen-bond donors (Lipinski definition) is 1. The Morgan fingerprint density at radius 1 is 1.00 bits per heavy atom. The molecule has 0 spiro atoms. The highest BCUT2D eigenvalue weighted by molar-refractivity contribution is 8.00. The van der Waals surface area contributed by atoms with Gasteiger partial charge in [0.2, 0.25) is 5.13 Å². The van der Waals surface area contributed by atoms with Crippen molar-refractivity contribution >= 4 is 51.1 Å². The van der Waals surface area contributed by atoms with Crippen LogP contribution in [0.5, 0.6) is 0 Å². The summed E-state index contributed by atoms with van der Waals surface area (Å²) in [6, 6.07) is 24.3. The van der Waals surface area contributed by atoms with Crippen LogP contribution in [0.25, 0.3) is 17.0 Å². The van der Waals surface area contributed by atoms with E-state index in [0.717, 1.165) is 28.6 Å². The van der Waals surface area contributed by atoms with Gasteiger partial charge in [-0.25, -0.2) is 0 Å². The van der Waals surface area contributed by atoms with Gasteiger partial charge in [-0.15, -0.1) is 10.2 Å². The number of carbonyl (C=O) groups is 1. The fourth-order valence-corrected chi connectivity index (χ4v) is 5.73. The fraction of sp³-hybridized carbons (Fsp3) is 0.103. The Hall–Kier alpha value is -4.40. The van der Waals surface area contributed by atoms with Crippen LogP contribution in [0.3, 0.4) is 0 Å². The molecule has 0 fully saturated rings. The molecular formula is C29H20F3N5OS2. The number of benzene rings is 3. The molecule has 0 saturated carbocycles. The highest BCUT2D eigenvalue weighted by Gasteiger charge is 2.30. The van der Waals surface area contributed by atoms with Gasteiger partial charge < -0.3 is 4.57 Å². The Morgan fingerprint density at radius 2 is 1.73 bits per heavy atom. The molecule has 0 aliphatic rings. The van der Waals surface area contributed by atoms with Gasteiger partial charge in [-0.05, 0) is 35.4 Å². The summed E-state index contributed by atoms with van der Waals surface area (Å²) >= 11 is 2.72. The third-order valence-corrected chi connectivity index (χ3v) is 7.99. The highest BCUT2D eigenvalue weighted by atomic mass is 32.2. The van der Waals surface area contributed by atoms with Gasteiger partial charge in [0.1, 0.15) is 11.6 Å². The lowest BCUT2D eigenvalue weighted by Crippen LogP contribution is -2.13. The standard InChI is InChI=1S/C29H20F3N5OS2/c30-29(31,32)23-12-10-19(11-13-23)16-37-17-22(24-8-4-5-9-25(24)37)14-21(15-33)26(38)34-27-35-36-28(40-27)39-18-20-6-2-1-3-7-20/h1-14,17H,16,18H2,(H,34,35,38)/b21-14+. The normalized spacial score (nSPS) is 11.9. The Balaban J connectivity index is 1.32. The number of amides is 1. The van der Waals surface area contributed by atoms with Gasteiger partial charge in [0.05, 0.1) is 5.56 Å². The predicted molar refractivity (Wildman–Crippen MR) is 151 cm³/mol. The fourth-order valence-electron chi connectivity index (χ4n) is 4.02. The van der Waals surface area contributed by atoms with E-state index in [9.17, 15) is 23.2 Å². The molecule has 0 aliphatic carbocycles. The van der Waals surface area contributed by atoms with Gasteiger partial charge in [-0.3, -0.25) is 10.1 Å². The van der Waals surface area contributed by atoms with Gasteiger partial charge in [0, 0.05) is 35.0 Å². The summed E-state index contributed by atoms with van der Waals surface area (Å²) in [6.07, 6.45) is -1.13. The molecule has 0 saturated heterocycles. The number of aromatic nitrogens is 3. The molecule has 0 atom stereocenters. The van der Waals surface area contributed by atoms with E-state index < -0.39 is 17.6 Å². The summed E-state index contributed by atoms with van der Waals surface area (Å²) in [5.74, 6) is 0.0985. The van der Waals surface area contributed by atoms with Crippen LogP contribution in [-0.4, -0.2) is 20.7 Å². The SMILES string of the molecule is N#C/C(=C\c1cn(Cc2ccc(C(F)(F)F)cc2)c2ccccc12)C(=O)Nc1nnc(SCc2ccccc2)s1. The number of anilines is 1. The molecule has 5 rings (SSSR count). The third kappa shape index (κ3) is 6.42. The van der Waals surface area contributed by atoms with Crippen LogP contribution in [0.1, 0.15) is 22.3 Å². The lowest BCUT2D eigenvalue weighted by Gasteiger charge is -2.09. The number of fused-ring (bicyclic) bond motifs is 1. The van der Waals surface area contributed by atoms with Crippen molar-refractivity contribution in [1.29, 1.82) is 5.26 Å². The average Bonchev–Trinajstić information content (AvgIpc) is 3.55. The molecule has 1 amide bonds. The second-order valence-corrected chi connectivity index (χ2v) is 10.9. The predicted octanol–water partition coefficient (Wildman–Crippen LogP) is 7.40. The molecular weight excluding hydrogens is 555 g/mol. The molecule has 11 heteroatoms. The summed E-state index contributed by atoms with van der Waals surface area (Å²) in [7, 11) is 0. The number of alkyl halides is 3. The molecule has 40 heavy (non-hydrogen) atoms. The molecule has 0 bridgehead atoms. The Labute approximate surface area is 235 Å². The molecule has 0 aliphatic heterocycles. The third-order valence-electron chi connectivity index (χ3n) is 5.95. The van der Waals surface area contributed by atoms with Gasteiger partial charge in [0.25, 0.3) is 5.91 Å². The maximum Gasteiger partial charge on any atom is 0.416 e. The first-order valence-corrected chi connectivity index (χ1v) is 13.8. The van der Waals surface area contributed by atoms with Crippen LogP contribution in [0.15, 0.2) is 95.0 Å². The molecule has 6 nitrogen and oxygen atoms in total. The molecule has 3 aromatic carbocycles. The van der Waals surface area contributed by atoms with Crippen molar-refractivity contribution < 1.29 is 18.0 Å². The number of para-hydroxylation sites is 1. The summed E-state index contributed by atoms with van der Waals surface area (Å²) in [5.41, 5.74) is 2.44. The Kier molecular flexibility index (Phi) is 8.00. The first kappa shape index (κ1) is 27.2. The van der Waals surface area contributed by atoms with E-state index in [1.54, 1.807) is 6.20 Å². The molecule has 0 unspecified atom stereocenters. The number of carbonyl (C=O) groups excluding carboxylic acids is 1. The molecule has 200 valence electrons. The van der Waals surface area contributed by atoms with E-state index in [1.807, 2.05) is 65.2 Å². The van der Waals surface area contributed by atoms with Crippen molar-refractivity contribution in [3.63, 3.8) is 0 Å². The second-order valence-electron chi connectivity index (χ2n) is 8.70. The average molecular weight is 576 g/mol. The summed E-state index contributed by atoms with van der Waals surface area (Å²) in [4.78, 5) is 12.9. The number of thioether (sulfide) groups is 1. The Bertz CT molecular complexity index is 1720. The number of nitrogens with zero attached hydrogens (tertiary/aromatic N) is 4. The zero-order chi connectivity index (χ0) is 28.1. The van der Waals surface area contributed by atoms with E-state index in [2.05, 4.69) is 15.5 Å². The zero-order valence-corrected chi connectivity index (χ0v) is 22.4. The van der Waals surface area contributed by atoms with E-state index in [0.29, 0.717) is 27.8 Å². The minimum Gasteiger partial charge on any atom is -0.342 e. The minimum atomic E-state index is -4.40. The lowest BCUT2D eigenvalue weighted by atomic mass is 10.1. The van der Waals surface area contributed by atoms with Gasteiger partial charge in [-0.2, -0.15) is 18.4 Å². The van der Waals surface area contributed by atoms with Crippen molar-refractivity contribution in [2.75, 3.05) is 5.32 Å². The van der Waals surface area contributed by atoms with E-state index >= 15 is 0 Å². The monoisotopic (exact) mass is 575 g/mol. The van der Waals surface area contributed by atoms with Gasteiger partial charge in [0.15, 0.2) is 4.34 Å². The van der Waals surface area contributed by atoms with E-state index in [4.69, 9.17) is 0 Å². The maximum atomic E-state index is 12.9. The van der Waals surface area contributed by atoms with E-state index in [-0.39, 0.29) is 10.7 Å². The summed E-state index contributed by atoms with van der Waals surface area (Å²) in [6.45, 7) is 0.314.